The first-order chi connectivity index (χ1) is 9.13. The topological polar surface area (TPSA) is 68.0 Å². The molecule has 2 atom stereocenters. The molecule has 2 aliphatic carbocycles. The van der Waals surface area contributed by atoms with E-state index in [0.717, 1.165) is 22.9 Å². The fraction of sp³-hybridized carbons (Fsp3) is 0.714. The third-order valence-electron chi connectivity index (χ3n) is 4.64. The Morgan fingerprint density at radius 1 is 1.40 bits per heavy atom. The van der Waals surface area contributed by atoms with Gasteiger partial charge in [0.2, 0.25) is 5.91 Å². The van der Waals surface area contributed by atoms with Gasteiger partial charge in [0.1, 0.15) is 0 Å². The molecule has 0 spiro atoms. The minimum absolute atomic E-state index is 0. The Morgan fingerprint density at radius 3 is 2.60 bits per heavy atom. The Labute approximate surface area is 129 Å². The molecule has 2 bridgehead atoms. The van der Waals surface area contributed by atoms with Crippen molar-refractivity contribution in [2.75, 3.05) is 5.32 Å². The van der Waals surface area contributed by atoms with Crippen LogP contribution in [0.4, 0.5) is 5.13 Å². The van der Waals surface area contributed by atoms with E-state index in [2.05, 4.69) is 10.3 Å². The highest BCUT2D eigenvalue weighted by Crippen LogP contribution is 2.42. The van der Waals surface area contributed by atoms with Crippen LogP contribution in [0.5, 0.6) is 0 Å². The molecule has 1 aromatic heterocycles. The summed E-state index contributed by atoms with van der Waals surface area (Å²) in [6.07, 6.45) is 7.37. The van der Waals surface area contributed by atoms with E-state index in [1.807, 2.05) is 6.92 Å². The molecule has 0 aliphatic heterocycles. The summed E-state index contributed by atoms with van der Waals surface area (Å²) in [6.45, 7) is 2.00. The van der Waals surface area contributed by atoms with Gasteiger partial charge in [-0.15, -0.1) is 23.7 Å². The second-order valence-corrected chi connectivity index (χ2v) is 7.20. The molecule has 4 nitrogen and oxygen atoms in total. The summed E-state index contributed by atoms with van der Waals surface area (Å²) in [5.41, 5.74) is 6.26. The summed E-state index contributed by atoms with van der Waals surface area (Å²) >= 11 is 1.53. The lowest BCUT2D eigenvalue weighted by molar-refractivity contribution is -0.122. The number of carbonyl (C=O) groups excluding carboxylic acids is 1. The average molecular weight is 316 g/mol. The van der Waals surface area contributed by atoms with Crippen LogP contribution in [0, 0.1) is 24.7 Å². The van der Waals surface area contributed by atoms with E-state index in [1.165, 1.54) is 30.6 Å². The van der Waals surface area contributed by atoms with Crippen LogP contribution in [0.15, 0.2) is 6.20 Å². The van der Waals surface area contributed by atoms with Crippen molar-refractivity contribution in [3.63, 3.8) is 0 Å². The number of aromatic nitrogens is 1. The van der Waals surface area contributed by atoms with Gasteiger partial charge in [0.05, 0.1) is 0 Å². The SMILES string of the molecule is Cc1cnc(NC(=O)C2CC3CCCC(C2)C3N)s1.Cl. The number of hydrogen-bond donors (Lipinski definition) is 2. The third kappa shape index (κ3) is 3.15. The van der Waals surface area contributed by atoms with E-state index in [4.69, 9.17) is 5.73 Å². The number of amides is 1. The van der Waals surface area contributed by atoms with Crippen LogP contribution in [0.25, 0.3) is 0 Å². The summed E-state index contributed by atoms with van der Waals surface area (Å²) < 4.78 is 0. The minimum atomic E-state index is 0. The maximum Gasteiger partial charge on any atom is 0.229 e. The third-order valence-corrected chi connectivity index (χ3v) is 5.46. The van der Waals surface area contributed by atoms with E-state index >= 15 is 0 Å². The lowest BCUT2D eigenvalue weighted by Gasteiger charge is -2.43. The molecule has 0 aromatic carbocycles. The van der Waals surface area contributed by atoms with Crippen molar-refractivity contribution in [1.29, 1.82) is 0 Å². The number of anilines is 1. The maximum absolute atomic E-state index is 12.3. The molecule has 2 aliphatic rings. The number of nitrogens with zero attached hydrogens (tertiary/aromatic N) is 1. The summed E-state index contributed by atoms with van der Waals surface area (Å²) in [4.78, 5) is 17.7. The molecule has 1 heterocycles. The van der Waals surface area contributed by atoms with Crippen molar-refractivity contribution in [1.82, 2.24) is 4.98 Å². The standard InChI is InChI=1S/C14H21N3OS.ClH/c1-8-7-16-14(19-8)17-13(18)11-5-9-3-2-4-10(6-11)12(9)15;/h7,9-12H,2-6,15H2,1H3,(H,16,17,18);1H. The van der Waals surface area contributed by atoms with E-state index < -0.39 is 0 Å². The highest BCUT2D eigenvalue weighted by Gasteiger charge is 2.40. The van der Waals surface area contributed by atoms with Gasteiger partial charge >= 0.3 is 0 Å². The number of thiazole rings is 1. The molecule has 1 amide bonds. The van der Waals surface area contributed by atoms with Gasteiger partial charge in [-0.2, -0.15) is 0 Å². The van der Waals surface area contributed by atoms with Crippen LogP contribution in [-0.4, -0.2) is 16.9 Å². The molecule has 2 unspecified atom stereocenters. The fourth-order valence-corrected chi connectivity index (χ4v) is 4.29. The smallest absolute Gasteiger partial charge is 0.229 e. The zero-order valence-corrected chi connectivity index (χ0v) is 13.3. The Bertz CT molecular complexity index is 465. The monoisotopic (exact) mass is 315 g/mol. The zero-order valence-electron chi connectivity index (χ0n) is 11.7. The molecule has 2 fully saturated rings. The number of carbonyl (C=O) groups is 1. The molecule has 3 rings (SSSR count). The van der Waals surface area contributed by atoms with Crippen LogP contribution in [0.3, 0.4) is 0 Å². The molecule has 20 heavy (non-hydrogen) atoms. The Balaban J connectivity index is 0.00000147. The largest absolute Gasteiger partial charge is 0.327 e. The van der Waals surface area contributed by atoms with Crippen LogP contribution < -0.4 is 11.1 Å². The van der Waals surface area contributed by atoms with Gasteiger partial charge in [0.25, 0.3) is 0 Å². The highest BCUT2D eigenvalue weighted by molar-refractivity contribution is 7.15. The highest BCUT2D eigenvalue weighted by atomic mass is 35.5. The first-order valence-electron chi connectivity index (χ1n) is 7.12. The second kappa shape index (κ2) is 6.41. The molecule has 0 radical (unpaired) electrons. The number of nitrogens with two attached hydrogens (primary N) is 1. The van der Waals surface area contributed by atoms with Crippen molar-refractivity contribution in [2.45, 2.75) is 45.1 Å². The summed E-state index contributed by atoms with van der Waals surface area (Å²) in [5, 5.41) is 3.69. The maximum atomic E-state index is 12.3. The molecule has 112 valence electrons. The Hall–Kier alpha value is -0.650. The number of hydrogen-bond acceptors (Lipinski definition) is 4. The molecule has 2 saturated carbocycles. The van der Waals surface area contributed by atoms with Crippen molar-refractivity contribution >= 4 is 34.8 Å². The van der Waals surface area contributed by atoms with Crippen molar-refractivity contribution < 1.29 is 4.79 Å². The molecular formula is C14H22ClN3OS. The zero-order chi connectivity index (χ0) is 13.4. The second-order valence-electron chi connectivity index (χ2n) is 5.96. The number of rotatable bonds is 2. The Morgan fingerprint density at radius 2 is 2.05 bits per heavy atom. The van der Waals surface area contributed by atoms with E-state index in [0.29, 0.717) is 17.9 Å². The van der Waals surface area contributed by atoms with Gasteiger partial charge < -0.3 is 11.1 Å². The Kier molecular flexibility index (Phi) is 5.04. The molecule has 0 saturated heterocycles. The number of nitrogens with one attached hydrogen (secondary N) is 1. The summed E-state index contributed by atoms with van der Waals surface area (Å²) in [7, 11) is 0. The van der Waals surface area contributed by atoms with Crippen LogP contribution in [-0.2, 0) is 4.79 Å². The molecule has 6 heteroatoms. The minimum Gasteiger partial charge on any atom is -0.327 e. The lowest BCUT2D eigenvalue weighted by Crippen LogP contribution is -2.48. The van der Waals surface area contributed by atoms with Crippen molar-refractivity contribution in [3.05, 3.63) is 11.1 Å². The molecule has 1 aromatic rings. The average Bonchev–Trinajstić information content (AvgIpc) is 2.74. The van der Waals surface area contributed by atoms with Crippen LogP contribution in [0.1, 0.15) is 37.0 Å². The van der Waals surface area contributed by atoms with Crippen molar-refractivity contribution in [3.8, 4) is 0 Å². The van der Waals surface area contributed by atoms with Gasteiger partial charge in [0.15, 0.2) is 5.13 Å². The van der Waals surface area contributed by atoms with Gasteiger partial charge in [-0.1, -0.05) is 6.42 Å². The fourth-order valence-electron chi connectivity index (χ4n) is 3.62. The molecular weight excluding hydrogens is 294 g/mol. The predicted octanol–water partition coefficient (Wildman–Crippen LogP) is 2.97. The number of fused-ring (bicyclic) bond motifs is 2. The van der Waals surface area contributed by atoms with E-state index in [1.54, 1.807) is 6.20 Å². The van der Waals surface area contributed by atoms with Gasteiger partial charge in [0, 0.05) is 23.0 Å². The first kappa shape index (κ1) is 15.7. The summed E-state index contributed by atoms with van der Waals surface area (Å²) in [5.74, 6) is 1.35. The predicted molar refractivity (Wildman–Crippen MR) is 84.3 cm³/mol. The van der Waals surface area contributed by atoms with Gasteiger partial charge in [-0.05, 0) is 44.4 Å². The van der Waals surface area contributed by atoms with Crippen LogP contribution >= 0.6 is 23.7 Å². The van der Waals surface area contributed by atoms with Crippen molar-refractivity contribution in [2.24, 2.45) is 23.5 Å². The first-order valence-corrected chi connectivity index (χ1v) is 7.94. The summed E-state index contributed by atoms with van der Waals surface area (Å²) in [6, 6.07) is 0.319. The molecule has 3 N–H and O–H groups in total. The van der Waals surface area contributed by atoms with Gasteiger partial charge in [-0.3, -0.25) is 4.79 Å². The van der Waals surface area contributed by atoms with E-state index in [9.17, 15) is 4.79 Å². The normalized spacial score (nSPS) is 32.3. The van der Waals surface area contributed by atoms with E-state index in [-0.39, 0.29) is 24.2 Å². The lowest BCUT2D eigenvalue weighted by atomic mass is 9.65. The number of aryl methyl sites for hydroxylation is 1. The quantitative estimate of drug-likeness (QED) is 0.881. The van der Waals surface area contributed by atoms with Gasteiger partial charge in [-0.25, -0.2) is 4.98 Å². The van der Waals surface area contributed by atoms with Crippen LogP contribution in [0.2, 0.25) is 0 Å². The number of halogens is 1.